The summed E-state index contributed by atoms with van der Waals surface area (Å²) in [6, 6.07) is 17.0. The lowest BCUT2D eigenvalue weighted by Gasteiger charge is -2.37. The third kappa shape index (κ3) is 3.80. The predicted octanol–water partition coefficient (Wildman–Crippen LogP) is 3.97. The number of methoxy groups -OCH3 is 1. The quantitative estimate of drug-likeness (QED) is 0.624. The molecule has 5 nitrogen and oxygen atoms in total. The highest BCUT2D eigenvalue weighted by molar-refractivity contribution is 7.80. The standard InChI is InChI=1S/C21H22N2O3S/c1-4-26-17-12-10-16(11-13-17)23-14(2)18(20(24)25-3)19(22-21(23)27)15-8-6-5-7-9-15/h5-13,19H,4H2,1-3H3,(H,22,27)/t19-/m1/s1. The Morgan fingerprint density at radius 3 is 2.41 bits per heavy atom. The molecule has 2 aromatic carbocycles. The number of hydrogen-bond donors (Lipinski definition) is 1. The second-order valence-electron chi connectivity index (χ2n) is 6.05. The Balaban J connectivity index is 2.05. The highest BCUT2D eigenvalue weighted by Gasteiger charge is 2.35. The van der Waals surface area contributed by atoms with Crippen LogP contribution in [0.2, 0.25) is 0 Å². The van der Waals surface area contributed by atoms with Gasteiger partial charge in [-0.3, -0.25) is 4.90 Å². The van der Waals surface area contributed by atoms with Crippen molar-refractivity contribution < 1.29 is 14.3 Å². The molecule has 0 saturated carbocycles. The number of rotatable bonds is 5. The molecule has 0 saturated heterocycles. The second-order valence-corrected chi connectivity index (χ2v) is 6.43. The molecule has 3 rings (SSSR count). The Morgan fingerprint density at radius 1 is 1.15 bits per heavy atom. The van der Waals surface area contributed by atoms with Gasteiger partial charge in [-0.1, -0.05) is 30.3 Å². The van der Waals surface area contributed by atoms with Gasteiger partial charge in [-0.2, -0.15) is 0 Å². The summed E-state index contributed by atoms with van der Waals surface area (Å²) < 4.78 is 10.6. The first-order valence-electron chi connectivity index (χ1n) is 8.74. The van der Waals surface area contributed by atoms with Crippen LogP contribution in [-0.4, -0.2) is 24.8 Å². The Morgan fingerprint density at radius 2 is 1.81 bits per heavy atom. The van der Waals surface area contributed by atoms with E-state index in [1.807, 2.05) is 73.3 Å². The van der Waals surface area contributed by atoms with Crippen molar-refractivity contribution in [3.05, 3.63) is 71.4 Å². The first kappa shape index (κ1) is 18.9. The fourth-order valence-corrected chi connectivity index (χ4v) is 3.54. The number of hydrogen-bond acceptors (Lipinski definition) is 4. The molecule has 1 aliphatic rings. The van der Waals surface area contributed by atoms with Crippen molar-refractivity contribution >= 4 is 29.0 Å². The van der Waals surface area contributed by atoms with Gasteiger partial charge in [-0.25, -0.2) is 4.79 Å². The molecular weight excluding hydrogens is 360 g/mol. The molecule has 27 heavy (non-hydrogen) atoms. The lowest BCUT2D eigenvalue weighted by Crippen LogP contribution is -2.48. The average Bonchev–Trinajstić information content (AvgIpc) is 2.69. The summed E-state index contributed by atoms with van der Waals surface area (Å²) in [7, 11) is 1.39. The van der Waals surface area contributed by atoms with Crippen LogP contribution in [0, 0.1) is 0 Å². The van der Waals surface area contributed by atoms with Crippen molar-refractivity contribution in [3.8, 4) is 5.75 Å². The zero-order chi connectivity index (χ0) is 19.4. The minimum absolute atomic E-state index is 0.356. The van der Waals surface area contributed by atoms with Crippen LogP contribution in [0.1, 0.15) is 25.5 Å². The average molecular weight is 382 g/mol. The summed E-state index contributed by atoms with van der Waals surface area (Å²) in [5.74, 6) is 0.404. The minimum atomic E-state index is -0.382. The molecule has 0 unspecified atom stereocenters. The Bertz CT molecular complexity index is 863. The molecule has 0 amide bonds. The number of carbonyl (C=O) groups is 1. The number of esters is 1. The van der Waals surface area contributed by atoms with Crippen molar-refractivity contribution in [2.24, 2.45) is 0 Å². The Labute approximate surface area is 164 Å². The van der Waals surface area contributed by atoms with E-state index in [1.54, 1.807) is 0 Å². The van der Waals surface area contributed by atoms with Gasteiger partial charge in [-0.15, -0.1) is 0 Å². The normalized spacial score (nSPS) is 16.8. The van der Waals surface area contributed by atoms with E-state index in [0.29, 0.717) is 17.3 Å². The minimum Gasteiger partial charge on any atom is -0.494 e. The van der Waals surface area contributed by atoms with Gasteiger partial charge >= 0.3 is 5.97 Å². The first-order chi connectivity index (χ1) is 13.1. The summed E-state index contributed by atoms with van der Waals surface area (Å²) in [6.07, 6.45) is 0. The van der Waals surface area contributed by atoms with E-state index < -0.39 is 0 Å². The Hall–Kier alpha value is -2.86. The molecule has 1 heterocycles. The van der Waals surface area contributed by atoms with Gasteiger partial charge in [0, 0.05) is 11.4 Å². The number of nitrogens with zero attached hydrogens (tertiary/aromatic N) is 1. The van der Waals surface area contributed by atoms with Gasteiger partial charge < -0.3 is 14.8 Å². The monoisotopic (exact) mass is 382 g/mol. The molecule has 0 spiro atoms. The smallest absolute Gasteiger partial charge is 0.337 e. The van der Waals surface area contributed by atoms with E-state index in [2.05, 4.69) is 5.32 Å². The van der Waals surface area contributed by atoms with Crippen LogP contribution in [0.3, 0.4) is 0 Å². The van der Waals surface area contributed by atoms with Gasteiger partial charge in [0.05, 0.1) is 25.3 Å². The molecule has 1 atom stereocenters. The molecule has 2 aromatic rings. The molecule has 0 radical (unpaired) electrons. The van der Waals surface area contributed by atoms with Gasteiger partial charge in [0.1, 0.15) is 5.75 Å². The summed E-state index contributed by atoms with van der Waals surface area (Å²) >= 11 is 5.62. The predicted molar refractivity (Wildman–Crippen MR) is 110 cm³/mol. The van der Waals surface area contributed by atoms with Crippen LogP contribution >= 0.6 is 12.2 Å². The zero-order valence-electron chi connectivity index (χ0n) is 15.6. The molecule has 0 bridgehead atoms. The van der Waals surface area contributed by atoms with E-state index in [-0.39, 0.29) is 12.0 Å². The SMILES string of the molecule is CCOc1ccc(N2C(=S)N[C@H](c3ccccc3)C(C(=O)OC)=C2C)cc1. The number of benzene rings is 2. The summed E-state index contributed by atoms with van der Waals surface area (Å²) in [5, 5.41) is 3.81. The number of nitrogens with one attached hydrogen (secondary N) is 1. The highest BCUT2D eigenvalue weighted by atomic mass is 32.1. The molecule has 1 N–H and O–H groups in total. The number of allylic oxidation sites excluding steroid dienone is 1. The highest BCUT2D eigenvalue weighted by Crippen LogP contribution is 2.34. The Kier molecular flexibility index (Phi) is 5.76. The zero-order valence-corrected chi connectivity index (χ0v) is 16.4. The number of ether oxygens (including phenoxy) is 2. The number of carbonyl (C=O) groups excluding carboxylic acids is 1. The van der Waals surface area contributed by atoms with E-state index in [1.165, 1.54) is 7.11 Å². The largest absolute Gasteiger partial charge is 0.494 e. The van der Waals surface area contributed by atoms with Crippen LogP contribution in [0.5, 0.6) is 5.75 Å². The van der Waals surface area contributed by atoms with Crippen LogP contribution in [0.15, 0.2) is 65.9 Å². The van der Waals surface area contributed by atoms with E-state index in [0.717, 1.165) is 22.7 Å². The van der Waals surface area contributed by atoms with E-state index >= 15 is 0 Å². The van der Waals surface area contributed by atoms with Crippen LogP contribution in [-0.2, 0) is 9.53 Å². The fourth-order valence-electron chi connectivity index (χ4n) is 3.18. The van der Waals surface area contributed by atoms with E-state index in [9.17, 15) is 4.79 Å². The molecule has 0 aliphatic carbocycles. The van der Waals surface area contributed by atoms with E-state index in [4.69, 9.17) is 21.7 Å². The third-order valence-corrected chi connectivity index (χ3v) is 4.73. The molecular formula is C21H22N2O3S. The van der Waals surface area contributed by atoms with Crippen molar-refractivity contribution in [3.63, 3.8) is 0 Å². The third-order valence-electron chi connectivity index (χ3n) is 4.43. The molecule has 0 aromatic heterocycles. The van der Waals surface area contributed by atoms with Crippen molar-refractivity contribution in [2.75, 3.05) is 18.6 Å². The lowest BCUT2D eigenvalue weighted by molar-refractivity contribution is -0.136. The molecule has 140 valence electrons. The van der Waals surface area contributed by atoms with Crippen molar-refractivity contribution in [2.45, 2.75) is 19.9 Å². The summed E-state index contributed by atoms with van der Waals surface area (Å²) in [5.41, 5.74) is 3.07. The molecule has 0 fully saturated rings. The molecule has 6 heteroatoms. The summed E-state index contributed by atoms with van der Waals surface area (Å²) in [4.78, 5) is 14.4. The second kappa shape index (κ2) is 8.22. The van der Waals surface area contributed by atoms with Crippen LogP contribution in [0.4, 0.5) is 5.69 Å². The van der Waals surface area contributed by atoms with Gasteiger partial charge in [0.2, 0.25) is 0 Å². The fraction of sp³-hybridized carbons (Fsp3) is 0.238. The number of thiocarbonyl (C=S) groups is 1. The maximum Gasteiger partial charge on any atom is 0.337 e. The van der Waals surface area contributed by atoms with Gasteiger partial charge in [0.25, 0.3) is 0 Å². The van der Waals surface area contributed by atoms with Crippen LogP contribution in [0.25, 0.3) is 0 Å². The first-order valence-corrected chi connectivity index (χ1v) is 9.15. The maximum atomic E-state index is 12.6. The van der Waals surface area contributed by atoms with Gasteiger partial charge in [0.15, 0.2) is 5.11 Å². The lowest BCUT2D eigenvalue weighted by atomic mass is 9.95. The maximum absolute atomic E-state index is 12.6. The van der Waals surface area contributed by atoms with Crippen molar-refractivity contribution in [1.82, 2.24) is 5.32 Å². The van der Waals surface area contributed by atoms with Gasteiger partial charge in [-0.05, 0) is 55.9 Å². The summed E-state index contributed by atoms with van der Waals surface area (Å²) in [6.45, 7) is 4.43. The van der Waals surface area contributed by atoms with Crippen molar-refractivity contribution in [1.29, 1.82) is 0 Å². The number of anilines is 1. The molecule has 1 aliphatic heterocycles. The van der Waals surface area contributed by atoms with Crippen LogP contribution < -0.4 is 15.0 Å². The topological polar surface area (TPSA) is 50.8 Å².